The maximum atomic E-state index is 5.69. The lowest BCUT2D eigenvalue weighted by Gasteiger charge is -2.40. The largest absolute Gasteiger partial charge is 0.350 e. The molecule has 0 bridgehead atoms. The Bertz CT molecular complexity index is 175. The number of hydrogen-bond acceptors (Lipinski definition) is 2. The topological polar surface area (TPSA) is 18.5 Å². The first-order valence-corrected chi connectivity index (χ1v) is 4.75. The van der Waals surface area contributed by atoms with Gasteiger partial charge in [-0.15, -0.1) is 0 Å². The zero-order valence-electron chi connectivity index (χ0n) is 7.47. The Morgan fingerprint density at radius 2 is 2.00 bits per heavy atom. The molecule has 2 fully saturated rings. The van der Waals surface area contributed by atoms with Crippen molar-refractivity contribution >= 4 is 0 Å². The molecule has 12 heavy (non-hydrogen) atoms. The summed E-state index contributed by atoms with van der Waals surface area (Å²) >= 11 is 0. The van der Waals surface area contributed by atoms with Gasteiger partial charge in [-0.2, -0.15) is 0 Å². The van der Waals surface area contributed by atoms with E-state index < -0.39 is 0 Å². The summed E-state index contributed by atoms with van der Waals surface area (Å²) in [4.78, 5) is 0. The van der Waals surface area contributed by atoms with Gasteiger partial charge in [0, 0.05) is 12.8 Å². The van der Waals surface area contributed by atoms with E-state index in [1.165, 1.54) is 18.4 Å². The molecule has 1 spiro atoms. The molecular weight excluding hydrogens is 152 g/mol. The average molecular weight is 168 g/mol. The summed E-state index contributed by atoms with van der Waals surface area (Å²) in [5.74, 6) is -0.270. The van der Waals surface area contributed by atoms with Gasteiger partial charge in [0.1, 0.15) is 0 Å². The van der Waals surface area contributed by atoms with Gasteiger partial charge >= 0.3 is 0 Å². The van der Waals surface area contributed by atoms with Crippen LogP contribution in [0.25, 0.3) is 0 Å². The Hall–Kier alpha value is -0.340. The van der Waals surface area contributed by atoms with Crippen LogP contribution in [0.4, 0.5) is 0 Å². The van der Waals surface area contributed by atoms with Crippen molar-refractivity contribution in [1.29, 1.82) is 0 Å². The highest BCUT2D eigenvalue weighted by molar-refractivity contribution is 5.02. The van der Waals surface area contributed by atoms with Crippen molar-refractivity contribution in [2.75, 3.05) is 13.2 Å². The molecule has 0 saturated carbocycles. The highest BCUT2D eigenvalue weighted by Gasteiger charge is 2.36. The predicted molar refractivity (Wildman–Crippen MR) is 46.9 cm³/mol. The van der Waals surface area contributed by atoms with Gasteiger partial charge < -0.3 is 9.47 Å². The fourth-order valence-corrected chi connectivity index (χ4v) is 1.98. The Morgan fingerprint density at radius 1 is 1.17 bits per heavy atom. The molecule has 0 aromatic rings. The molecule has 2 saturated heterocycles. The van der Waals surface area contributed by atoms with E-state index in [1.807, 2.05) is 0 Å². The summed E-state index contributed by atoms with van der Waals surface area (Å²) in [7, 11) is 0. The molecule has 2 aliphatic heterocycles. The molecule has 0 aromatic heterocycles. The van der Waals surface area contributed by atoms with Crippen LogP contribution in [0.1, 0.15) is 32.1 Å². The highest BCUT2D eigenvalue weighted by Crippen LogP contribution is 2.36. The lowest BCUT2D eigenvalue weighted by molar-refractivity contribution is -0.263. The van der Waals surface area contributed by atoms with Crippen LogP contribution in [-0.2, 0) is 9.47 Å². The minimum Gasteiger partial charge on any atom is -0.350 e. The van der Waals surface area contributed by atoms with Crippen molar-refractivity contribution in [3.63, 3.8) is 0 Å². The molecule has 68 valence electrons. The molecule has 0 unspecified atom stereocenters. The number of ether oxygens (including phenoxy) is 2. The van der Waals surface area contributed by atoms with Crippen LogP contribution in [0.3, 0.4) is 0 Å². The quantitative estimate of drug-likeness (QED) is 0.516. The second-order valence-electron chi connectivity index (χ2n) is 3.74. The summed E-state index contributed by atoms with van der Waals surface area (Å²) in [6.45, 7) is 5.65. The van der Waals surface area contributed by atoms with Crippen LogP contribution in [-0.4, -0.2) is 19.0 Å². The highest BCUT2D eigenvalue weighted by atomic mass is 16.7. The van der Waals surface area contributed by atoms with Gasteiger partial charge in [0.2, 0.25) is 0 Å². The van der Waals surface area contributed by atoms with Crippen LogP contribution in [0, 0.1) is 0 Å². The first-order valence-electron chi connectivity index (χ1n) is 4.75. The average Bonchev–Trinajstić information content (AvgIpc) is 2.05. The molecule has 1 atom stereocenters. The van der Waals surface area contributed by atoms with E-state index in [1.54, 1.807) is 0 Å². The molecule has 0 aromatic carbocycles. The van der Waals surface area contributed by atoms with Crippen molar-refractivity contribution in [2.45, 2.75) is 37.9 Å². The molecule has 2 heteroatoms. The maximum absolute atomic E-state index is 5.69. The number of hydrogen-bond donors (Lipinski definition) is 0. The molecule has 0 radical (unpaired) electrons. The zero-order valence-corrected chi connectivity index (χ0v) is 7.47. The van der Waals surface area contributed by atoms with E-state index in [4.69, 9.17) is 9.47 Å². The summed E-state index contributed by atoms with van der Waals surface area (Å²) in [5, 5.41) is 0. The van der Waals surface area contributed by atoms with Crippen molar-refractivity contribution in [2.24, 2.45) is 0 Å². The van der Waals surface area contributed by atoms with Gasteiger partial charge in [0.25, 0.3) is 0 Å². The van der Waals surface area contributed by atoms with Crippen LogP contribution < -0.4 is 0 Å². The van der Waals surface area contributed by atoms with E-state index >= 15 is 0 Å². The van der Waals surface area contributed by atoms with Crippen LogP contribution in [0.15, 0.2) is 12.2 Å². The Balaban J connectivity index is 2.02. The molecule has 0 amide bonds. The Kier molecular flexibility index (Phi) is 2.20. The summed E-state index contributed by atoms with van der Waals surface area (Å²) in [6, 6.07) is 0. The van der Waals surface area contributed by atoms with E-state index in [0.29, 0.717) is 0 Å². The summed E-state index contributed by atoms with van der Waals surface area (Å²) in [5.41, 5.74) is 1.28. The van der Waals surface area contributed by atoms with Crippen LogP contribution in [0.2, 0.25) is 0 Å². The van der Waals surface area contributed by atoms with Gasteiger partial charge in [-0.25, -0.2) is 0 Å². The minimum atomic E-state index is -0.270. The third kappa shape index (κ3) is 1.54. The fourth-order valence-electron chi connectivity index (χ4n) is 1.98. The molecule has 2 aliphatic rings. The van der Waals surface area contributed by atoms with Crippen molar-refractivity contribution in [3.8, 4) is 0 Å². The summed E-state index contributed by atoms with van der Waals surface area (Å²) < 4.78 is 11.4. The SMILES string of the molecule is C=C1CCO[C@@]2(CCCCO2)C1. The smallest absolute Gasteiger partial charge is 0.171 e. The van der Waals surface area contributed by atoms with Gasteiger partial charge in [-0.1, -0.05) is 12.2 Å². The third-order valence-electron chi connectivity index (χ3n) is 2.66. The molecule has 2 heterocycles. The second kappa shape index (κ2) is 3.19. The molecular formula is C10H16O2. The first-order chi connectivity index (χ1) is 5.81. The summed E-state index contributed by atoms with van der Waals surface area (Å²) in [6.07, 6.45) is 5.37. The van der Waals surface area contributed by atoms with Crippen molar-refractivity contribution in [3.05, 3.63) is 12.2 Å². The van der Waals surface area contributed by atoms with Gasteiger partial charge in [0.15, 0.2) is 5.79 Å². The zero-order chi connectivity index (χ0) is 8.44. The van der Waals surface area contributed by atoms with E-state index in [0.717, 1.165) is 32.5 Å². The second-order valence-corrected chi connectivity index (χ2v) is 3.74. The molecule has 2 nitrogen and oxygen atoms in total. The van der Waals surface area contributed by atoms with Crippen molar-refractivity contribution in [1.82, 2.24) is 0 Å². The van der Waals surface area contributed by atoms with Crippen LogP contribution >= 0.6 is 0 Å². The maximum Gasteiger partial charge on any atom is 0.171 e. The van der Waals surface area contributed by atoms with Gasteiger partial charge in [0.05, 0.1) is 13.2 Å². The van der Waals surface area contributed by atoms with Crippen molar-refractivity contribution < 1.29 is 9.47 Å². The lowest BCUT2D eigenvalue weighted by Crippen LogP contribution is -2.42. The van der Waals surface area contributed by atoms with Crippen LogP contribution in [0.5, 0.6) is 0 Å². The normalized spacial score (nSPS) is 37.2. The van der Waals surface area contributed by atoms with E-state index in [2.05, 4.69) is 6.58 Å². The van der Waals surface area contributed by atoms with Gasteiger partial charge in [-0.3, -0.25) is 0 Å². The third-order valence-corrected chi connectivity index (χ3v) is 2.66. The molecule has 0 N–H and O–H groups in total. The van der Waals surface area contributed by atoms with Gasteiger partial charge in [-0.05, 0) is 19.3 Å². The fraction of sp³-hybridized carbons (Fsp3) is 0.800. The standard InChI is InChI=1S/C10H16O2/c1-9-4-7-12-10(8-9)5-2-3-6-11-10/h1-8H2/t10-/m0/s1. The lowest BCUT2D eigenvalue weighted by atomic mass is 9.94. The van der Waals surface area contributed by atoms with E-state index in [9.17, 15) is 0 Å². The predicted octanol–water partition coefficient (Wildman–Crippen LogP) is 2.25. The first kappa shape index (κ1) is 8.27. The Labute approximate surface area is 73.5 Å². The molecule has 2 rings (SSSR count). The Morgan fingerprint density at radius 3 is 2.67 bits per heavy atom. The molecule has 0 aliphatic carbocycles. The minimum absolute atomic E-state index is 0.270. The van der Waals surface area contributed by atoms with E-state index in [-0.39, 0.29) is 5.79 Å². The number of rotatable bonds is 0. The monoisotopic (exact) mass is 168 g/mol.